The number of sulfonamides is 1. The Labute approximate surface area is 173 Å². The van der Waals surface area contributed by atoms with Crippen LogP contribution in [0, 0.1) is 0 Å². The second-order valence-corrected chi connectivity index (χ2v) is 9.42. The van der Waals surface area contributed by atoms with Crippen molar-refractivity contribution in [1.82, 2.24) is 14.9 Å². The number of rotatable bonds is 8. The molecule has 0 radical (unpaired) electrons. The lowest BCUT2D eigenvalue weighted by Crippen LogP contribution is -2.29. The van der Waals surface area contributed by atoms with Gasteiger partial charge in [-0.1, -0.05) is 42.8 Å². The van der Waals surface area contributed by atoms with Gasteiger partial charge in [0.25, 0.3) is 5.91 Å². The molecule has 1 aliphatic heterocycles. The molecule has 0 bridgehead atoms. The van der Waals surface area contributed by atoms with E-state index in [9.17, 15) is 13.2 Å². The Morgan fingerprint density at radius 1 is 0.897 bits per heavy atom. The molecule has 29 heavy (non-hydrogen) atoms. The Bertz CT molecular complexity index is 903. The predicted molar refractivity (Wildman–Crippen MR) is 115 cm³/mol. The molecule has 2 N–H and O–H groups in total. The van der Waals surface area contributed by atoms with E-state index in [2.05, 4.69) is 14.9 Å². The lowest BCUT2D eigenvalue weighted by atomic mass is 10.1. The highest BCUT2D eigenvalue weighted by atomic mass is 32.2. The van der Waals surface area contributed by atoms with Crippen molar-refractivity contribution in [1.29, 1.82) is 0 Å². The van der Waals surface area contributed by atoms with Gasteiger partial charge < -0.3 is 5.32 Å². The van der Waals surface area contributed by atoms with E-state index >= 15 is 0 Å². The molecule has 0 spiro atoms. The number of nitrogens with one attached hydrogen (secondary N) is 2. The quantitative estimate of drug-likeness (QED) is 0.695. The first-order valence-electron chi connectivity index (χ1n) is 10.0. The Morgan fingerprint density at radius 3 is 2.10 bits per heavy atom. The molecular weight excluding hydrogens is 386 g/mol. The van der Waals surface area contributed by atoms with E-state index < -0.39 is 10.0 Å². The number of carbonyl (C=O) groups excluding carboxylic acids is 1. The van der Waals surface area contributed by atoms with E-state index in [4.69, 9.17) is 0 Å². The van der Waals surface area contributed by atoms with Gasteiger partial charge in [0.1, 0.15) is 0 Å². The number of carbonyl (C=O) groups is 1. The molecule has 1 saturated heterocycles. The van der Waals surface area contributed by atoms with Crippen LogP contribution in [0.1, 0.15) is 46.3 Å². The van der Waals surface area contributed by atoms with Crippen LogP contribution in [0.5, 0.6) is 0 Å². The third-order valence-electron chi connectivity index (χ3n) is 5.21. The van der Waals surface area contributed by atoms with E-state index in [0.717, 1.165) is 25.2 Å². The van der Waals surface area contributed by atoms with Crippen molar-refractivity contribution in [3.8, 4) is 0 Å². The second-order valence-electron chi connectivity index (χ2n) is 7.50. The van der Waals surface area contributed by atoms with Crippen molar-refractivity contribution < 1.29 is 13.2 Å². The van der Waals surface area contributed by atoms with Gasteiger partial charge in [0.15, 0.2) is 0 Å². The lowest BCUT2D eigenvalue weighted by molar-refractivity contribution is 0.0951. The largest absolute Gasteiger partial charge is 0.348 e. The standard InChI is InChI=1S/C22H29N3O3S/c1-23-29(27,28)17-20-7-5-18(6-8-20)15-24-22(26)21-11-9-19(10-12-21)16-25-13-3-2-4-14-25/h5-12,23H,2-4,13-17H2,1H3,(H,24,26). The highest BCUT2D eigenvalue weighted by molar-refractivity contribution is 7.88. The third-order valence-corrected chi connectivity index (χ3v) is 6.55. The van der Waals surface area contributed by atoms with Gasteiger partial charge in [0.05, 0.1) is 5.75 Å². The monoisotopic (exact) mass is 415 g/mol. The van der Waals surface area contributed by atoms with Gasteiger partial charge in [-0.15, -0.1) is 0 Å². The Balaban J connectivity index is 1.50. The van der Waals surface area contributed by atoms with Crippen LogP contribution in [0.15, 0.2) is 48.5 Å². The summed E-state index contributed by atoms with van der Waals surface area (Å²) in [6.45, 7) is 3.65. The smallest absolute Gasteiger partial charge is 0.251 e. The molecule has 3 rings (SSSR count). The average Bonchev–Trinajstić information content (AvgIpc) is 2.74. The first-order valence-corrected chi connectivity index (χ1v) is 11.7. The minimum Gasteiger partial charge on any atom is -0.348 e. The fourth-order valence-electron chi connectivity index (χ4n) is 3.47. The Kier molecular flexibility index (Phi) is 7.41. The summed E-state index contributed by atoms with van der Waals surface area (Å²) in [5, 5.41) is 2.92. The van der Waals surface area contributed by atoms with Crippen LogP contribution in [0.4, 0.5) is 0 Å². The van der Waals surface area contributed by atoms with Crippen LogP contribution < -0.4 is 10.0 Å². The zero-order valence-electron chi connectivity index (χ0n) is 16.9. The van der Waals surface area contributed by atoms with E-state index in [0.29, 0.717) is 17.7 Å². The minimum atomic E-state index is -3.28. The number of hydrogen-bond donors (Lipinski definition) is 2. The second kappa shape index (κ2) is 10.0. The van der Waals surface area contributed by atoms with Gasteiger partial charge in [0.2, 0.25) is 10.0 Å². The Hall–Kier alpha value is -2.22. The molecular formula is C22H29N3O3S. The van der Waals surface area contributed by atoms with Crippen molar-refractivity contribution in [3.05, 3.63) is 70.8 Å². The van der Waals surface area contributed by atoms with Crippen LogP contribution in [-0.2, 0) is 28.9 Å². The molecule has 1 fully saturated rings. The summed E-state index contributed by atoms with van der Waals surface area (Å²) in [6, 6.07) is 15.0. The molecule has 0 atom stereocenters. The summed E-state index contributed by atoms with van der Waals surface area (Å²) in [4.78, 5) is 14.9. The van der Waals surface area contributed by atoms with Crippen molar-refractivity contribution >= 4 is 15.9 Å². The average molecular weight is 416 g/mol. The molecule has 1 amide bonds. The molecule has 0 aromatic heterocycles. The highest BCUT2D eigenvalue weighted by Crippen LogP contribution is 2.14. The van der Waals surface area contributed by atoms with E-state index in [1.165, 1.54) is 31.9 Å². The molecule has 156 valence electrons. The first kappa shape index (κ1) is 21.5. The van der Waals surface area contributed by atoms with Crippen molar-refractivity contribution in [2.45, 2.75) is 38.1 Å². The van der Waals surface area contributed by atoms with Gasteiger partial charge >= 0.3 is 0 Å². The summed E-state index contributed by atoms with van der Waals surface area (Å²) in [6.07, 6.45) is 3.87. The lowest BCUT2D eigenvalue weighted by Gasteiger charge is -2.26. The maximum Gasteiger partial charge on any atom is 0.251 e. The van der Waals surface area contributed by atoms with Crippen molar-refractivity contribution in [2.24, 2.45) is 0 Å². The van der Waals surface area contributed by atoms with Crippen molar-refractivity contribution in [3.63, 3.8) is 0 Å². The Morgan fingerprint density at radius 2 is 1.48 bits per heavy atom. The molecule has 6 nitrogen and oxygen atoms in total. The normalized spacial score (nSPS) is 15.2. The number of amides is 1. The van der Waals surface area contributed by atoms with Crippen LogP contribution >= 0.6 is 0 Å². The van der Waals surface area contributed by atoms with Crippen LogP contribution in [0.3, 0.4) is 0 Å². The highest BCUT2D eigenvalue weighted by Gasteiger charge is 2.12. The zero-order chi connectivity index (χ0) is 20.7. The minimum absolute atomic E-state index is 0.0556. The number of nitrogens with zero attached hydrogens (tertiary/aromatic N) is 1. The molecule has 2 aromatic carbocycles. The number of benzene rings is 2. The van der Waals surface area contributed by atoms with Crippen LogP contribution in [0.25, 0.3) is 0 Å². The van der Waals surface area contributed by atoms with Crippen LogP contribution in [0.2, 0.25) is 0 Å². The molecule has 0 aliphatic carbocycles. The van der Waals surface area contributed by atoms with Gasteiger partial charge in [-0.05, 0) is 61.8 Å². The van der Waals surface area contributed by atoms with Crippen molar-refractivity contribution in [2.75, 3.05) is 20.1 Å². The summed E-state index contributed by atoms with van der Waals surface area (Å²) < 4.78 is 25.5. The van der Waals surface area contributed by atoms with Gasteiger partial charge in [-0.25, -0.2) is 13.1 Å². The summed E-state index contributed by atoms with van der Waals surface area (Å²) in [7, 11) is -1.88. The fourth-order valence-corrected chi connectivity index (χ4v) is 4.24. The first-order chi connectivity index (χ1) is 13.9. The maximum absolute atomic E-state index is 12.4. The number of hydrogen-bond acceptors (Lipinski definition) is 4. The van der Waals surface area contributed by atoms with E-state index in [1.54, 1.807) is 12.1 Å². The van der Waals surface area contributed by atoms with Gasteiger partial charge in [0, 0.05) is 18.7 Å². The summed E-state index contributed by atoms with van der Waals surface area (Å²) in [5.74, 6) is -0.170. The molecule has 7 heteroatoms. The SMILES string of the molecule is CNS(=O)(=O)Cc1ccc(CNC(=O)c2ccc(CN3CCCCC3)cc2)cc1. The number of likely N-dealkylation sites (tertiary alicyclic amines) is 1. The maximum atomic E-state index is 12.4. The number of piperidine rings is 1. The van der Waals surface area contributed by atoms with Gasteiger partial charge in [-0.3, -0.25) is 9.69 Å². The van der Waals surface area contributed by atoms with Gasteiger partial charge in [-0.2, -0.15) is 0 Å². The molecule has 1 aliphatic rings. The van der Waals surface area contributed by atoms with E-state index in [-0.39, 0.29) is 11.7 Å². The fraction of sp³-hybridized carbons (Fsp3) is 0.409. The predicted octanol–water partition coefficient (Wildman–Crippen LogP) is 2.65. The van der Waals surface area contributed by atoms with Crippen LogP contribution in [-0.4, -0.2) is 39.4 Å². The molecule has 0 saturated carbocycles. The topological polar surface area (TPSA) is 78.5 Å². The molecule has 2 aromatic rings. The van der Waals surface area contributed by atoms with E-state index in [1.807, 2.05) is 36.4 Å². The zero-order valence-corrected chi connectivity index (χ0v) is 17.7. The third kappa shape index (κ3) is 6.66. The summed E-state index contributed by atoms with van der Waals surface area (Å²) in [5.41, 5.74) is 3.50. The summed E-state index contributed by atoms with van der Waals surface area (Å²) >= 11 is 0. The molecule has 1 heterocycles. The molecule has 0 unspecified atom stereocenters.